The molecule has 1 fully saturated rings. The van der Waals surface area contributed by atoms with Crippen LogP contribution in [-0.4, -0.2) is 25.8 Å². The van der Waals surface area contributed by atoms with Crippen LogP contribution in [0.15, 0.2) is 11.4 Å². The molecule has 0 amide bonds. The van der Waals surface area contributed by atoms with Gasteiger partial charge in [0.25, 0.3) is 0 Å². The zero-order valence-corrected chi connectivity index (χ0v) is 9.40. The molecule has 0 radical (unpaired) electrons. The Morgan fingerprint density at radius 2 is 2.57 bits per heavy atom. The lowest BCUT2D eigenvalue weighted by Crippen LogP contribution is -2.41. The average molecular weight is 211 g/mol. The molecule has 0 aliphatic carbocycles. The van der Waals surface area contributed by atoms with Gasteiger partial charge in [-0.05, 0) is 36.8 Å². The van der Waals surface area contributed by atoms with E-state index in [9.17, 15) is 0 Å². The van der Waals surface area contributed by atoms with Crippen LogP contribution in [0, 0.1) is 6.92 Å². The Morgan fingerprint density at radius 1 is 1.64 bits per heavy atom. The van der Waals surface area contributed by atoms with Crippen molar-refractivity contribution < 1.29 is 4.74 Å². The maximum atomic E-state index is 5.42. The number of aryl methyl sites for hydroxylation is 2. The SMILES string of the molecule is Cc1ccsc1CCC1COCCN1. The second kappa shape index (κ2) is 4.91. The Kier molecular flexibility index (Phi) is 3.56. The number of rotatable bonds is 3. The molecule has 1 saturated heterocycles. The summed E-state index contributed by atoms with van der Waals surface area (Å²) in [6, 6.07) is 2.76. The second-order valence-electron chi connectivity index (χ2n) is 3.79. The quantitative estimate of drug-likeness (QED) is 0.825. The number of thiophene rings is 1. The Labute approximate surface area is 89.3 Å². The Balaban J connectivity index is 1.79. The molecular formula is C11H17NOS. The average Bonchev–Trinajstić information content (AvgIpc) is 2.63. The van der Waals surface area contributed by atoms with E-state index in [0.717, 1.165) is 19.8 Å². The molecule has 1 aromatic heterocycles. The maximum Gasteiger partial charge on any atom is 0.0620 e. The fraction of sp³-hybridized carbons (Fsp3) is 0.636. The van der Waals surface area contributed by atoms with Gasteiger partial charge in [0.1, 0.15) is 0 Å². The van der Waals surface area contributed by atoms with Crippen molar-refractivity contribution in [2.24, 2.45) is 0 Å². The van der Waals surface area contributed by atoms with Crippen LogP contribution in [0.5, 0.6) is 0 Å². The summed E-state index contributed by atoms with van der Waals surface area (Å²) >= 11 is 1.87. The molecule has 0 aromatic carbocycles. The van der Waals surface area contributed by atoms with Gasteiger partial charge in [0.05, 0.1) is 13.2 Å². The smallest absolute Gasteiger partial charge is 0.0620 e. The van der Waals surface area contributed by atoms with Crippen molar-refractivity contribution in [3.8, 4) is 0 Å². The van der Waals surface area contributed by atoms with E-state index in [0.29, 0.717) is 6.04 Å². The molecule has 2 heterocycles. The van der Waals surface area contributed by atoms with Gasteiger partial charge in [-0.25, -0.2) is 0 Å². The van der Waals surface area contributed by atoms with E-state index in [1.165, 1.54) is 23.3 Å². The minimum absolute atomic E-state index is 0.560. The zero-order chi connectivity index (χ0) is 9.80. The maximum absolute atomic E-state index is 5.42. The molecule has 2 rings (SSSR count). The molecule has 1 aliphatic rings. The standard InChI is InChI=1S/C11H17NOS/c1-9-4-7-14-11(9)3-2-10-8-13-6-5-12-10/h4,7,10,12H,2-3,5-6,8H2,1H3. The summed E-state index contributed by atoms with van der Waals surface area (Å²) in [6.07, 6.45) is 2.38. The van der Waals surface area contributed by atoms with Crippen LogP contribution in [0.3, 0.4) is 0 Å². The summed E-state index contributed by atoms with van der Waals surface area (Å²) in [5, 5.41) is 5.66. The normalized spacial score (nSPS) is 22.5. The predicted octanol–water partition coefficient (Wildman–Crippen LogP) is 1.98. The number of ether oxygens (including phenoxy) is 1. The van der Waals surface area contributed by atoms with E-state index in [1.54, 1.807) is 0 Å². The highest BCUT2D eigenvalue weighted by molar-refractivity contribution is 7.10. The summed E-state index contributed by atoms with van der Waals surface area (Å²) in [5.74, 6) is 0. The van der Waals surface area contributed by atoms with E-state index in [2.05, 4.69) is 23.7 Å². The lowest BCUT2D eigenvalue weighted by Gasteiger charge is -2.23. The van der Waals surface area contributed by atoms with Gasteiger partial charge in [-0.15, -0.1) is 11.3 Å². The highest BCUT2D eigenvalue weighted by atomic mass is 32.1. The van der Waals surface area contributed by atoms with E-state index >= 15 is 0 Å². The third-order valence-corrected chi connectivity index (χ3v) is 3.77. The van der Waals surface area contributed by atoms with Crippen LogP contribution in [0.25, 0.3) is 0 Å². The van der Waals surface area contributed by atoms with Gasteiger partial charge >= 0.3 is 0 Å². The monoisotopic (exact) mass is 211 g/mol. The van der Waals surface area contributed by atoms with Crippen molar-refractivity contribution in [3.05, 3.63) is 21.9 Å². The molecular weight excluding hydrogens is 194 g/mol. The molecule has 1 unspecified atom stereocenters. The number of morpholine rings is 1. The van der Waals surface area contributed by atoms with Crippen molar-refractivity contribution in [2.45, 2.75) is 25.8 Å². The fourth-order valence-electron chi connectivity index (χ4n) is 1.77. The summed E-state index contributed by atoms with van der Waals surface area (Å²) in [4.78, 5) is 1.53. The zero-order valence-electron chi connectivity index (χ0n) is 8.58. The van der Waals surface area contributed by atoms with Crippen molar-refractivity contribution in [2.75, 3.05) is 19.8 Å². The first-order valence-corrected chi connectivity index (χ1v) is 6.08. The predicted molar refractivity (Wildman–Crippen MR) is 60.0 cm³/mol. The van der Waals surface area contributed by atoms with Crippen molar-refractivity contribution in [3.63, 3.8) is 0 Å². The first-order chi connectivity index (χ1) is 6.86. The molecule has 0 saturated carbocycles. The molecule has 1 aromatic rings. The molecule has 1 atom stereocenters. The molecule has 14 heavy (non-hydrogen) atoms. The summed E-state index contributed by atoms with van der Waals surface area (Å²) in [5.41, 5.74) is 1.44. The molecule has 78 valence electrons. The first kappa shape index (κ1) is 10.1. The van der Waals surface area contributed by atoms with E-state index in [-0.39, 0.29) is 0 Å². The van der Waals surface area contributed by atoms with Crippen LogP contribution in [0.4, 0.5) is 0 Å². The Bertz CT molecular complexity index is 279. The summed E-state index contributed by atoms with van der Waals surface area (Å²) in [6.45, 7) is 4.95. The summed E-state index contributed by atoms with van der Waals surface area (Å²) < 4.78 is 5.42. The molecule has 2 nitrogen and oxygen atoms in total. The molecule has 0 bridgehead atoms. The van der Waals surface area contributed by atoms with Gasteiger partial charge < -0.3 is 10.1 Å². The van der Waals surface area contributed by atoms with E-state index in [4.69, 9.17) is 4.74 Å². The van der Waals surface area contributed by atoms with Gasteiger partial charge in [-0.2, -0.15) is 0 Å². The summed E-state index contributed by atoms with van der Waals surface area (Å²) in [7, 11) is 0. The lowest BCUT2D eigenvalue weighted by molar-refractivity contribution is 0.0744. The molecule has 1 aliphatic heterocycles. The highest BCUT2D eigenvalue weighted by Crippen LogP contribution is 2.18. The van der Waals surface area contributed by atoms with E-state index in [1.807, 2.05) is 11.3 Å². The minimum Gasteiger partial charge on any atom is -0.379 e. The van der Waals surface area contributed by atoms with Gasteiger partial charge in [0.15, 0.2) is 0 Å². The van der Waals surface area contributed by atoms with Crippen molar-refractivity contribution in [1.29, 1.82) is 0 Å². The first-order valence-electron chi connectivity index (χ1n) is 5.20. The van der Waals surface area contributed by atoms with Crippen LogP contribution in [-0.2, 0) is 11.2 Å². The van der Waals surface area contributed by atoms with Gasteiger partial charge in [0, 0.05) is 17.5 Å². The third-order valence-electron chi connectivity index (χ3n) is 2.69. The Morgan fingerprint density at radius 3 is 3.21 bits per heavy atom. The van der Waals surface area contributed by atoms with Crippen LogP contribution in [0.1, 0.15) is 16.9 Å². The van der Waals surface area contributed by atoms with Crippen LogP contribution in [0.2, 0.25) is 0 Å². The number of nitrogens with one attached hydrogen (secondary N) is 1. The topological polar surface area (TPSA) is 21.3 Å². The van der Waals surface area contributed by atoms with Gasteiger partial charge in [0.2, 0.25) is 0 Å². The van der Waals surface area contributed by atoms with Crippen LogP contribution >= 0.6 is 11.3 Å². The fourth-order valence-corrected chi connectivity index (χ4v) is 2.70. The van der Waals surface area contributed by atoms with Gasteiger partial charge in [-0.3, -0.25) is 0 Å². The van der Waals surface area contributed by atoms with Gasteiger partial charge in [-0.1, -0.05) is 0 Å². The second-order valence-corrected chi connectivity index (χ2v) is 4.79. The minimum atomic E-state index is 0.560. The van der Waals surface area contributed by atoms with E-state index < -0.39 is 0 Å². The molecule has 0 spiro atoms. The van der Waals surface area contributed by atoms with Crippen LogP contribution < -0.4 is 5.32 Å². The largest absolute Gasteiger partial charge is 0.379 e. The Hall–Kier alpha value is -0.380. The highest BCUT2D eigenvalue weighted by Gasteiger charge is 2.13. The molecule has 3 heteroatoms. The molecule has 1 N–H and O–H groups in total. The van der Waals surface area contributed by atoms with Crippen molar-refractivity contribution in [1.82, 2.24) is 5.32 Å². The third kappa shape index (κ3) is 2.56. The number of hydrogen-bond acceptors (Lipinski definition) is 3. The lowest BCUT2D eigenvalue weighted by atomic mass is 10.1. The van der Waals surface area contributed by atoms with Crippen molar-refractivity contribution >= 4 is 11.3 Å². The number of hydrogen-bond donors (Lipinski definition) is 1.